The van der Waals surface area contributed by atoms with Crippen molar-refractivity contribution in [2.75, 3.05) is 10.6 Å². The molecule has 1 aliphatic carbocycles. The van der Waals surface area contributed by atoms with E-state index in [0.29, 0.717) is 39.1 Å². The Bertz CT molecular complexity index is 776. The first-order chi connectivity index (χ1) is 12.0. The van der Waals surface area contributed by atoms with Crippen LogP contribution in [0.25, 0.3) is 0 Å². The number of benzene rings is 1. The number of hydrogen-bond donors (Lipinski definition) is 2. The highest BCUT2D eigenvalue weighted by Gasteiger charge is 2.16. The summed E-state index contributed by atoms with van der Waals surface area (Å²) in [5.41, 5.74) is 0.797. The first-order valence-electron chi connectivity index (χ1n) is 8.40. The normalized spacial score (nSPS) is 15.0. The van der Waals surface area contributed by atoms with E-state index in [9.17, 15) is 4.79 Å². The van der Waals surface area contributed by atoms with E-state index in [2.05, 4.69) is 20.6 Å². The fraction of sp³-hybridized carbons (Fsp3) is 0.389. The molecule has 1 amide bonds. The lowest BCUT2D eigenvalue weighted by Crippen LogP contribution is -2.24. The molecule has 1 aromatic carbocycles. The zero-order valence-electron chi connectivity index (χ0n) is 14.0. The SMILES string of the molecule is Cc1nc(NC2CCCCC2)cc(C(=O)Nc2ccc(Cl)cc2Cl)n1. The van der Waals surface area contributed by atoms with Crippen molar-refractivity contribution in [1.82, 2.24) is 9.97 Å². The van der Waals surface area contributed by atoms with Crippen LogP contribution in [-0.4, -0.2) is 21.9 Å². The van der Waals surface area contributed by atoms with E-state index < -0.39 is 0 Å². The van der Waals surface area contributed by atoms with Crippen molar-refractivity contribution in [1.29, 1.82) is 0 Å². The van der Waals surface area contributed by atoms with Crippen LogP contribution in [0.1, 0.15) is 48.4 Å². The van der Waals surface area contributed by atoms with Gasteiger partial charge in [0.15, 0.2) is 0 Å². The number of aryl methyl sites for hydroxylation is 1. The fourth-order valence-corrected chi connectivity index (χ4v) is 3.45. The summed E-state index contributed by atoms with van der Waals surface area (Å²) in [5.74, 6) is 0.904. The van der Waals surface area contributed by atoms with E-state index in [1.807, 2.05) is 0 Å². The molecule has 1 saturated carbocycles. The summed E-state index contributed by atoms with van der Waals surface area (Å²) in [6, 6.07) is 7.01. The zero-order valence-corrected chi connectivity index (χ0v) is 15.5. The molecule has 25 heavy (non-hydrogen) atoms. The molecule has 1 heterocycles. The van der Waals surface area contributed by atoms with E-state index >= 15 is 0 Å². The predicted octanol–water partition coefficient (Wildman–Crippen LogP) is 5.09. The maximum Gasteiger partial charge on any atom is 0.274 e. The van der Waals surface area contributed by atoms with Gasteiger partial charge in [-0.05, 0) is 38.0 Å². The maximum atomic E-state index is 12.5. The summed E-state index contributed by atoms with van der Waals surface area (Å²) in [6.07, 6.45) is 6.00. The van der Waals surface area contributed by atoms with Crippen LogP contribution in [0.2, 0.25) is 10.0 Å². The zero-order chi connectivity index (χ0) is 17.8. The van der Waals surface area contributed by atoms with Gasteiger partial charge in [-0.25, -0.2) is 9.97 Å². The summed E-state index contributed by atoms with van der Waals surface area (Å²) in [7, 11) is 0. The minimum atomic E-state index is -0.332. The van der Waals surface area contributed by atoms with Crippen molar-refractivity contribution in [3.05, 3.63) is 45.8 Å². The van der Waals surface area contributed by atoms with E-state index in [1.54, 1.807) is 31.2 Å². The highest BCUT2D eigenvalue weighted by molar-refractivity contribution is 6.36. The van der Waals surface area contributed by atoms with Crippen LogP contribution in [0.3, 0.4) is 0 Å². The summed E-state index contributed by atoms with van der Waals surface area (Å²) in [5, 5.41) is 7.08. The molecule has 0 bridgehead atoms. The second kappa shape index (κ2) is 8.02. The lowest BCUT2D eigenvalue weighted by molar-refractivity contribution is 0.102. The molecule has 0 spiro atoms. The van der Waals surface area contributed by atoms with Crippen LogP contribution < -0.4 is 10.6 Å². The van der Waals surface area contributed by atoms with Gasteiger partial charge in [-0.15, -0.1) is 0 Å². The van der Waals surface area contributed by atoms with Crippen molar-refractivity contribution >= 4 is 40.6 Å². The number of anilines is 2. The fourth-order valence-electron chi connectivity index (χ4n) is 2.99. The Morgan fingerprint density at radius 3 is 2.60 bits per heavy atom. The van der Waals surface area contributed by atoms with Crippen molar-refractivity contribution in [3.8, 4) is 0 Å². The maximum absolute atomic E-state index is 12.5. The van der Waals surface area contributed by atoms with Crippen molar-refractivity contribution in [3.63, 3.8) is 0 Å². The minimum absolute atomic E-state index is 0.303. The summed E-state index contributed by atoms with van der Waals surface area (Å²) < 4.78 is 0. The second-order valence-corrected chi connectivity index (χ2v) is 7.09. The number of nitrogens with one attached hydrogen (secondary N) is 2. The number of nitrogens with zero attached hydrogens (tertiary/aromatic N) is 2. The van der Waals surface area contributed by atoms with Gasteiger partial charge in [0.25, 0.3) is 5.91 Å². The van der Waals surface area contributed by atoms with Crippen LogP contribution in [0.15, 0.2) is 24.3 Å². The Kier molecular flexibility index (Phi) is 5.76. The van der Waals surface area contributed by atoms with Gasteiger partial charge in [-0.1, -0.05) is 42.5 Å². The molecule has 0 unspecified atom stereocenters. The Morgan fingerprint density at radius 1 is 1.12 bits per heavy atom. The number of carbonyl (C=O) groups is 1. The molecule has 1 aromatic heterocycles. The number of rotatable bonds is 4. The van der Waals surface area contributed by atoms with Gasteiger partial charge in [0, 0.05) is 17.1 Å². The van der Waals surface area contributed by atoms with Crippen molar-refractivity contribution < 1.29 is 4.79 Å². The van der Waals surface area contributed by atoms with Gasteiger partial charge in [0.1, 0.15) is 17.3 Å². The van der Waals surface area contributed by atoms with Gasteiger partial charge in [0.2, 0.25) is 0 Å². The average molecular weight is 379 g/mol. The number of aromatic nitrogens is 2. The molecule has 1 aliphatic rings. The van der Waals surface area contributed by atoms with E-state index in [-0.39, 0.29) is 5.91 Å². The molecule has 0 aliphatic heterocycles. The highest BCUT2D eigenvalue weighted by atomic mass is 35.5. The van der Waals surface area contributed by atoms with Crippen LogP contribution in [0.4, 0.5) is 11.5 Å². The molecular weight excluding hydrogens is 359 g/mol. The Balaban J connectivity index is 1.75. The summed E-state index contributed by atoms with van der Waals surface area (Å²) in [6.45, 7) is 1.78. The topological polar surface area (TPSA) is 66.9 Å². The molecule has 0 radical (unpaired) electrons. The molecule has 1 fully saturated rings. The highest BCUT2D eigenvalue weighted by Crippen LogP contribution is 2.26. The predicted molar refractivity (Wildman–Crippen MR) is 102 cm³/mol. The molecule has 2 aromatic rings. The molecule has 2 N–H and O–H groups in total. The average Bonchev–Trinajstić information content (AvgIpc) is 2.57. The standard InChI is InChI=1S/C18H20Cl2N4O/c1-11-21-16(10-17(22-11)23-13-5-3-2-4-6-13)18(25)24-15-8-7-12(19)9-14(15)20/h7-10,13H,2-6H2,1H3,(H,24,25)(H,21,22,23). The first kappa shape index (κ1) is 18.0. The third-order valence-corrected chi connectivity index (χ3v) is 4.75. The van der Waals surface area contributed by atoms with Gasteiger partial charge in [-0.3, -0.25) is 4.79 Å². The lowest BCUT2D eigenvalue weighted by Gasteiger charge is -2.23. The molecule has 3 rings (SSSR count). The first-order valence-corrected chi connectivity index (χ1v) is 9.15. The quantitative estimate of drug-likeness (QED) is 0.777. The van der Waals surface area contributed by atoms with E-state index in [1.165, 1.54) is 19.3 Å². The third kappa shape index (κ3) is 4.83. The van der Waals surface area contributed by atoms with Crippen LogP contribution in [0.5, 0.6) is 0 Å². The Hall–Kier alpha value is -1.85. The van der Waals surface area contributed by atoms with Crippen molar-refractivity contribution in [2.45, 2.75) is 45.1 Å². The summed E-state index contributed by atoms with van der Waals surface area (Å²) >= 11 is 12.0. The van der Waals surface area contributed by atoms with Crippen molar-refractivity contribution in [2.24, 2.45) is 0 Å². The van der Waals surface area contributed by atoms with E-state index in [4.69, 9.17) is 23.2 Å². The van der Waals surface area contributed by atoms with Gasteiger partial charge in [-0.2, -0.15) is 0 Å². The van der Waals surface area contributed by atoms with E-state index in [0.717, 1.165) is 12.8 Å². The second-order valence-electron chi connectivity index (χ2n) is 6.24. The Labute approximate surface area is 157 Å². The minimum Gasteiger partial charge on any atom is -0.367 e. The van der Waals surface area contributed by atoms with Crippen LogP contribution in [0, 0.1) is 6.92 Å². The lowest BCUT2D eigenvalue weighted by atomic mass is 9.95. The Morgan fingerprint density at radius 2 is 1.88 bits per heavy atom. The molecule has 132 valence electrons. The molecular formula is C18H20Cl2N4O. The molecule has 0 saturated heterocycles. The molecule has 5 nitrogen and oxygen atoms in total. The number of halogens is 2. The largest absolute Gasteiger partial charge is 0.367 e. The van der Waals surface area contributed by atoms with Crippen LogP contribution >= 0.6 is 23.2 Å². The number of hydrogen-bond acceptors (Lipinski definition) is 4. The third-order valence-electron chi connectivity index (χ3n) is 4.21. The number of amides is 1. The number of carbonyl (C=O) groups excluding carboxylic acids is 1. The van der Waals surface area contributed by atoms with Gasteiger partial charge in [0.05, 0.1) is 10.7 Å². The monoisotopic (exact) mass is 378 g/mol. The molecule has 7 heteroatoms. The van der Waals surface area contributed by atoms with Gasteiger partial charge < -0.3 is 10.6 Å². The van der Waals surface area contributed by atoms with Gasteiger partial charge >= 0.3 is 0 Å². The summed E-state index contributed by atoms with van der Waals surface area (Å²) in [4.78, 5) is 21.2. The molecule has 0 atom stereocenters. The van der Waals surface area contributed by atoms with Crippen LogP contribution in [-0.2, 0) is 0 Å². The smallest absolute Gasteiger partial charge is 0.274 e.